The number of piperidine rings is 1. The van der Waals surface area contributed by atoms with Gasteiger partial charge in [0.2, 0.25) is 0 Å². The molecule has 0 saturated carbocycles. The molecule has 4 aromatic rings. The smallest absolute Gasteiger partial charge is 0.333 e. The molecule has 0 aliphatic carbocycles. The van der Waals surface area contributed by atoms with Crippen molar-refractivity contribution in [2.24, 2.45) is 0 Å². The number of anilines is 1. The van der Waals surface area contributed by atoms with E-state index in [4.69, 9.17) is 4.98 Å². The summed E-state index contributed by atoms with van der Waals surface area (Å²) in [6.45, 7) is -0.780. The Bertz CT molecular complexity index is 1370. The Balaban J connectivity index is 1.40. The van der Waals surface area contributed by atoms with E-state index in [1.165, 1.54) is 25.0 Å². The molecule has 4 aromatic heterocycles. The molecular weight excluding hydrogens is 426 g/mol. The number of aromatic nitrogens is 5. The molecule has 3 fully saturated rings. The van der Waals surface area contributed by atoms with Crippen LogP contribution in [0.3, 0.4) is 0 Å². The minimum absolute atomic E-state index is 0.433. The van der Waals surface area contributed by atoms with Gasteiger partial charge < -0.3 is 4.90 Å². The topological polar surface area (TPSA) is 78.3 Å². The maximum atomic E-state index is 13.0. The molecule has 2 unspecified atom stereocenters. The van der Waals surface area contributed by atoms with Gasteiger partial charge in [-0.1, -0.05) is 0 Å². The first-order valence-electron chi connectivity index (χ1n) is 10.7. The van der Waals surface area contributed by atoms with Gasteiger partial charge in [-0.2, -0.15) is 24.2 Å². The molecule has 3 aliphatic rings. The fourth-order valence-electron chi connectivity index (χ4n) is 4.89. The van der Waals surface area contributed by atoms with E-state index in [0.717, 1.165) is 30.0 Å². The Morgan fingerprint density at radius 1 is 1.03 bits per heavy atom. The summed E-state index contributed by atoms with van der Waals surface area (Å²) in [5.74, 6) is 0.931. The number of likely N-dealkylation sites (N-methyl/N-ethyl adjacent to an activating group) is 1. The summed E-state index contributed by atoms with van der Waals surface area (Å²) in [4.78, 5) is 9.45. The first-order valence-corrected chi connectivity index (χ1v) is 10.7. The third-order valence-electron chi connectivity index (χ3n) is 6.81. The number of alkyl halides is 2. The summed E-state index contributed by atoms with van der Waals surface area (Å²) < 4.78 is 28.2. The van der Waals surface area contributed by atoms with Crippen LogP contribution in [-0.4, -0.2) is 61.5 Å². The van der Waals surface area contributed by atoms with Crippen molar-refractivity contribution >= 4 is 11.3 Å². The zero-order chi connectivity index (χ0) is 22.7. The van der Waals surface area contributed by atoms with Crippen molar-refractivity contribution in [3.63, 3.8) is 0 Å². The zero-order valence-electron chi connectivity index (χ0n) is 17.8. The summed E-state index contributed by atoms with van der Waals surface area (Å²) in [7, 11) is 2.17. The number of rotatable bonds is 4. The second kappa shape index (κ2) is 7.35. The van der Waals surface area contributed by atoms with Crippen molar-refractivity contribution in [2.45, 2.75) is 25.1 Å². The van der Waals surface area contributed by atoms with Gasteiger partial charge in [0.25, 0.3) is 0 Å². The van der Waals surface area contributed by atoms with Crippen molar-refractivity contribution in [1.29, 1.82) is 5.26 Å². The van der Waals surface area contributed by atoms with Crippen LogP contribution in [0, 0.1) is 11.3 Å². The van der Waals surface area contributed by atoms with Gasteiger partial charge in [0.05, 0.1) is 23.5 Å². The molecule has 0 aromatic carbocycles. The monoisotopic (exact) mass is 446 g/mol. The third kappa shape index (κ3) is 3.15. The van der Waals surface area contributed by atoms with Crippen molar-refractivity contribution < 1.29 is 8.78 Å². The van der Waals surface area contributed by atoms with Crippen LogP contribution in [0.5, 0.6) is 0 Å². The number of piperazine rings is 1. The second-order valence-corrected chi connectivity index (χ2v) is 8.61. The first-order chi connectivity index (χ1) is 16.0. The van der Waals surface area contributed by atoms with Crippen LogP contribution in [0.4, 0.5) is 14.6 Å². The lowest BCUT2D eigenvalue weighted by Crippen LogP contribution is -2.67. The average molecular weight is 446 g/mol. The molecule has 7 heterocycles. The molecule has 3 saturated heterocycles. The Morgan fingerprint density at radius 2 is 1.85 bits per heavy atom. The molecule has 2 bridgehead atoms. The highest BCUT2D eigenvalue weighted by atomic mass is 19.3. The van der Waals surface area contributed by atoms with Gasteiger partial charge in [0.15, 0.2) is 0 Å². The van der Waals surface area contributed by atoms with Gasteiger partial charge in [-0.15, -0.1) is 0 Å². The molecule has 8 nitrogen and oxygen atoms in total. The lowest BCUT2D eigenvalue weighted by molar-refractivity contribution is 0.0261. The standard InChI is InChI=1S/C23H20F2N8/c1-30-18-5-19(30)13-31(12-18)21-3-2-14(7-27-21)20-4-15(17-9-29-33(11-17)23(24)25)10-32-22(20)16(6-26)8-28-32/h2-4,7-11,18-19,23H,5,12-13H2,1H3. The second-order valence-electron chi connectivity index (χ2n) is 8.61. The van der Waals surface area contributed by atoms with Gasteiger partial charge in [-0.25, -0.2) is 14.2 Å². The van der Waals surface area contributed by atoms with Gasteiger partial charge in [0, 0.05) is 66.0 Å². The maximum absolute atomic E-state index is 13.0. The number of hydrogen-bond acceptors (Lipinski definition) is 6. The molecular formula is C23H20F2N8. The van der Waals surface area contributed by atoms with Gasteiger partial charge >= 0.3 is 6.55 Å². The fraction of sp³-hybridized carbons (Fsp3) is 0.304. The lowest BCUT2D eigenvalue weighted by atomic mass is 9.88. The van der Waals surface area contributed by atoms with E-state index < -0.39 is 6.55 Å². The molecule has 0 spiro atoms. The minimum Gasteiger partial charge on any atom is -0.353 e. The summed E-state index contributed by atoms with van der Waals surface area (Å²) in [6, 6.07) is 9.21. The molecule has 7 rings (SSSR count). The zero-order valence-corrected chi connectivity index (χ0v) is 17.8. The van der Waals surface area contributed by atoms with Crippen molar-refractivity contribution in [2.75, 3.05) is 25.0 Å². The molecule has 3 aliphatic heterocycles. The van der Waals surface area contributed by atoms with E-state index in [-0.39, 0.29) is 0 Å². The molecule has 166 valence electrons. The molecule has 10 heteroatoms. The van der Waals surface area contributed by atoms with Crippen LogP contribution in [0.25, 0.3) is 27.8 Å². The van der Waals surface area contributed by atoms with E-state index in [9.17, 15) is 14.0 Å². The highest BCUT2D eigenvalue weighted by Crippen LogP contribution is 2.35. The fourth-order valence-corrected chi connectivity index (χ4v) is 4.89. The highest BCUT2D eigenvalue weighted by Gasteiger charge is 2.42. The molecule has 0 radical (unpaired) electrons. The third-order valence-corrected chi connectivity index (χ3v) is 6.81. The van der Waals surface area contributed by atoms with Crippen LogP contribution >= 0.6 is 0 Å². The molecule has 2 atom stereocenters. The predicted molar refractivity (Wildman–Crippen MR) is 118 cm³/mol. The van der Waals surface area contributed by atoms with Gasteiger partial charge in [0.1, 0.15) is 11.9 Å². The van der Waals surface area contributed by atoms with Crippen LogP contribution in [0.1, 0.15) is 18.5 Å². The van der Waals surface area contributed by atoms with Crippen LogP contribution < -0.4 is 4.90 Å². The summed E-state index contributed by atoms with van der Waals surface area (Å²) in [5, 5.41) is 17.6. The van der Waals surface area contributed by atoms with E-state index in [1.807, 2.05) is 18.2 Å². The van der Waals surface area contributed by atoms with Crippen molar-refractivity contribution in [1.82, 2.24) is 29.3 Å². The first kappa shape index (κ1) is 19.8. The van der Waals surface area contributed by atoms with Gasteiger partial charge in [-0.3, -0.25) is 4.90 Å². The van der Waals surface area contributed by atoms with Crippen LogP contribution in [0.15, 0.2) is 49.2 Å². The minimum atomic E-state index is -2.71. The number of nitriles is 1. The highest BCUT2D eigenvalue weighted by molar-refractivity contribution is 5.87. The Morgan fingerprint density at radius 3 is 2.48 bits per heavy atom. The quantitative estimate of drug-likeness (QED) is 0.478. The van der Waals surface area contributed by atoms with E-state index in [1.54, 1.807) is 16.9 Å². The number of hydrogen-bond donors (Lipinski definition) is 0. The van der Waals surface area contributed by atoms with E-state index in [2.05, 4.69) is 33.1 Å². The summed E-state index contributed by atoms with van der Waals surface area (Å²) >= 11 is 0. The van der Waals surface area contributed by atoms with Gasteiger partial charge in [-0.05, 0) is 31.7 Å². The Kier molecular flexibility index (Phi) is 4.41. The maximum Gasteiger partial charge on any atom is 0.333 e. The number of halogens is 2. The normalized spacial score (nSPS) is 20.3. The SMILES string of the molecule is CN1C2CC1CN(c1ccc(-c3cc(-c4cnn(C(F)F)c4)cn4ncc(C#N)c34)cn1)C2. The Hall–Kier alpha value is -3.84. The lowest BCUT2D eigenvalue weighted by Gasteiger charge is -2.55. The van der Waals surface area contributed by atoms with Crippen molar-refractivity contribution in [3.05, 3.63) is 54.7 Å². The number of nitrogens with zero attached hydrogens (tertiary/aromatic N) is 8. The average Bonchev–Trinajstić information content (AvgIpc) is 3.51. The van der Waals surface area contributed by atoms with Crippen LogP contribution in [-0.2, 0) is 0 Å². The van der Waals surface area contributed by atoms with E-state index in [0.29, 0.717) is 39.0 Å². The van der Waals surface area contributed by atoms with Crippen molar-refractivity contribution in [3.8, 4) is 28.3 Å². The van der Waals surface area contributed by atoms with Crippen LogP contribution in [0.2, 0.25) is 0 Å². The molecule has 0 N–H and O–H groups in total. The molecule has 33 heavy (non-hydrogen) atoms. The molecule has 0 amide bonds. The number of pyridine rings is 2. The number of fused-ring (bicyclic) bond motifs is 3. The summed E-state index contributed by atoms with van der Waals surface area (Å²) in [5.41, 5.74) is 3.87. The predicted octanol–water partition coefficient (Wildman–Crippen LogP) is 3.42. The van der Waals surface area contributed by atoms with E-state index >= 15 is 0 Å². The largest absolute Gasteiger partial charge is 0.353 e. The summed E-state index contributed by atoms with van der Waals surface area (Å²) in [6.07, 6.45) is 8.95. The Labute approximate surface area is 188 Å².